The molecule has 1 saturated heterocycles. The van der Waals surface area contributed by atoms with E-state index in [2.05, 4.69) is 205 Å². The van der Waals surface area contributed by atoms with Gasteiger partial charge in [-0.05, 0) is 111 Å². The molecule has 111 heavy (non-hydrogen) atoms. The number of halogens is 2. The fourth-order valence-corrected chi connectivity index (χ4v) is 14.9. The molecule has 0 bridgehead atoms. The van der Waals surface area contributed by atoms with Crippen molar-refractivity contribution >= 4 is 87.5 Å². The van der Waals surface area contributed by atoms with Crippen molar-refractivity contribution in [3.05, 3.63) is 361 Å². The zero-order chi connectivity index (χ0) is 75.4. The predicted octanol–water partition coefficient (Wildman–Crippen LogP) is 24.4. The maximum absolute atomic E-state index is 6.19. The molecule has 3 aromatic heterocycles. The van der Waals surface area contributed by atoms with Crippen LogP contribution >= 0.6 is 31.9 Å². The Balaban J connectivity index is 0.000000151. The summed E-state index contributed by atoms with van der Waals surface area (Å²) < 4.78 is 14.7. The van der Waals surface area contributed by atoms with Crippen LogP contribution in [0.3, 0.4) is 0 Å². The third-order valence-electron chi connectivity index (χ3n) is 20.4. The number of benzene rings is 15. The molecule has 0 aliphatic carbocycles. The summed E-state index contributed by atoms with van der Waals surface area (Å²) in [5.41, 5.74) is 13.2. The summed E-state index contributed by atoms with van der Waals surface area (Å²) in [4.78, 5) is 43.8. The van der Waals surface area contributed by atoms with Gasteiger partial charge in [0.05, 0.1) is 11.2 Å². The molecule has 4 heterocycles. The van der Waals surface area contributed by atoms with E-state index in [1.54, 1.807) is 0 Å². The van der Waals surface area contributed by atoms with Crippen molar-refractivity contribution in [2.24, 2.45) is 0 Å². The van der Waals surface area contributed by atoms with Gasteiger partial charge in [0.25, 0.3) is 0 Å². The number of aromatic nitrogens is 9. The second-order valence-corrected chi connectivity index (χ2v) is 29.8. The van der Waals surface area contributed by atoms with Crippen molar-refractivity contribution < 1.29 is 9.31 Å². The van der Waals surface area contributed by atoms with E-state index in [4.69, 9.17) is 54.2 Å². The highest BCUT2D eigenvalue weighted by Gasteiger charge is 2.51. The Labute approximate surface area is 661 Å². The first-order valence-corrected chi connectivity index (χ1v) is 38.4. The number of hydrogen-bond acceptors (Lipinski definition) is 11. The second kappa shape index (κ2) is 31.1. The van der Waals surface area contributed by atoms with E-state index < -0.39 is 7.12 Å². The minimum absolute atomic E-state index is 0.375. The van der Waals surface area contributed by atoms with Gasteiger partial charge >= 0.3 is 7.12 Å². The minimum Gasteiger partial charge on any atom is -0.399 e. The van der Waals surface area contributed by atoms with E-state index in [1.165, 1.54) is 54.2 Å². The van der Waals surface area contributed by atoms with Gasteiger partial charge < -0.3 is 9.31 Å². The Morgan fingerprint density at radius 2 is 0.405 bits per heavy atom. The normalized spacial score (nSPS) is 12.8. The van der Waals surface area contributed by atoms with E-state index in [-0.39, 0.29) is 11.2 Å². The van der Waals surface area contributed by atoms with Gasteiger partial charge in [-0.15, -0.1) is 0 Å². The minimum atomic E-state index is -0.401. The van der Waals surface area contributed by atoms with Crippen LogP contribution in [0.1, 0.15) is 27.7 Å². The second-order valence-electron chi connectivity index (χ2n) is 28.1. The number of fused-ring (bicyclic) bond motifs is 6. The SMILES string of the molecule is Brc1cccc2c1ccc1c(Br)cccc12.CC1(C)OB(c2ccc(-c3nc(-c4ccccc4)nc(-c4ccccc4)n3)cc2)OC1(C)C.c1ccc(-c2nc(-c3ccccc3)nc(-c3ccc(-c4cccc5c4ccc4c(-c6ccc(-c7nc(-c8ccccc8)nc(-c8ccccc8)n7)cc6)cccc45)cc3)n2)cc1. The van der Waals surface area contributed by atoms with Gasteiger partial charge in [-0.3, -0.25) is 0 Å². The summed E-state index contributed by atoms with van der Waals surface area (Å²) in [6, 6.07) is 120. The molecule has 0 amide bonds. The van der Waals surface area contributed by atoms with E-state index in [0.717, 1.165) is 75.6 Å². The summed E-state index contributed by atoms with van der Waals surface area (Å²) in [7, 11) is -0.401. The third kappa shape index (κ3) is 15.1. The van der Waals surface area contributed by atoms with Crippen LogP contribution in [-0.2, 0) is 9.31 Å². The summed E-state index contributed by atoms with van der Waals surface area (Å²) in [6.07, 6.45) is 0. The molecule has 0 spiro atoms. The molecule has 1 aliphatic rings. The first-order valence-electron chi connectivity index (χ1n) is 36.8. The zero-order valence-electron chi connectivity index (χ0n) is 61.2. The van der Waals surface area contributed by atoms with Gasteiger partial charge in [0.1, 0.15) is 0 Å². The lowest BCUT2D eigenvalue weighted by atomic mass is 9.79. The number of hydrogen-bond donors (Lipinski definition) is 0. The van der Waals surface area contributed by atoms with Crippen molar-refractivity contribution in [2.45, 2.75) is 38.9 Å². The zero-order valence-corrected chi connectivity index (χ0v) is 64.3. The first-order chi connectivity index (χ1) is 54.3. The highest BCUT2D eigenvalue weighted by Crippen LogP contribution is 2.41. The molecule has 0 saturated carbocycles. The van der Waals surface area contributed by atoms with Gasteiger partial charge in [-0.2, -0.15) is 0 Å². The molecule has 0 atom stereocenters. The molecule has 1 aliphatic heterocycles. The van der Waals surface area contributed by atoms with Gasteiger partial charge in [0, 0.05) is 59.0 Å². The van der Waals surface area contributed by atoms with Crippen LogP contribution < -0.4 is 5.46 Å². The van der Waals surface area contributed by atoms with Crippen LogP contribution in [0.2, 0.25) is 0 Å². The topological polar surface area (TPSA) is 134 Å². The lowest BCUT2D eigenvalue weighted by molar-refractivity contribution is 0.00578. The van der Waals surface area contributed by atoms with E-state index in [9.17, 15) is 0 Å². The van der Waals surface area contributed by atoms with Crippen molar-refractivity contribution in [3.63, 3.8) is 0 Å². The summed E-state index contributed by atoms with van der Waals surface area (Å²) >= 11 is 7.18. The Bertz CT molecular complexity index is 5920. The Kier molecular flexibility index (Phi) is 20.0. The molecule has 532 valence electrons. The van der Waals surface area contributed by atoms with Crippen LogP contribution in [0, 0.1) is 0 Å². The smallest absolute Gasteiger partial charge is 0.399 e. The molecule has 19 rings (SSSR count). The number of nitrogens with zero attached hydrogens (tertiary/aromatic N) is 9. The predicted molar refractivity (Wildman–Crippen MR) is 460 cm³/mol. The molecule has 0 N–H and O–H groups in total. The van der Waals surface area contributed by atoms with Gasteiger partial charge in [-0.25, -0.2) is 44.9 Å². The van der Waals surface area contributed by atoms with E-state index >= 15 is 0 Å². The molecule has 14 heteroatoms. The molecule has 11 nitrogen and oxygen atoms in total. The molecule has 15 aromatic carbocycles. The molecular formula is C97H70BBr2N9O2. The first kappa shape index (κ1) is 71.2. The molecule has 0 unspecified atom stereocenters. The summed E-state index contributed by atoms with van der Waals surface area (Å²) in [5.74, 6) is 5.78. The monoisotopic (exact) mass is 1560 g/mol. The average Bonchev–Trinajstić information content (AvgIpc) is 1.76. The lowest BCUT2D eigenvalue weighted by Crippen LogP contribution is -2.41. The van der Waals surface area contributed by atoms with Crippen molar-refractivity contribution in [1.29, 1.82) is 0 Å². The van der Waals surface area contributed by atoms with Crippen LogP contribution in [0.25, 0.3) is 168 Å². The van der Waals surface area contributed by atoms with Crippen molar-refractivity contribution in [3.8, 4) is 125 Å². The summed E-state index contributed by atoms with van der Waals surface area (Å²) in [6.45, 7) is 8.23. The van der Waals surface area contributed by atoms with Crippen LogP contribution in [0.15, 0.2) is 361 Å². The Morgan fingerprint density at radius 3 is 0.667 bits per heavy atom. The van der Waals surface area contributed by atoms with Gasteiger partial charge in [0.2, 0.25) is 0 Å². The van der Waals surface area contributed by atoms with Crippen LogP contribution in [0.4, 0.5) is 0 Å². The Hall–Kier alpha value is -12.7. The van der Waals surface area contributed by atoms with E-state index in [1.807, 2.05) is 206 Å². The lowest BCUT2D eigenvalue weighted by Gasteiger charge is -2.32. The fraction of sp³-hybridized carbons (Fsp3) is 0.0619. The van der Waals surface area contributed by atoms with Gasteiger partial charge in [0.15, 0.2) is 52.4 Å². The average molecular weight is 1560 g/mol. The quantitative estimate of drug-likeness (QED) is 0.0854. The largest absolute Gasteiger partial charge is 0.494 e. The standard InChI is InChI=1S/C56H36N6.C27H26BN3O2.C14H8Br2/c1-5-15-39(16-6-1)51-57-52(40-17-7-2-8-18-40)60-55(59-51)43-31-27-37(28-32-43)45-23-13-25-47-48-26-14-24-46(50(48)36-35-49(45)47)38-29-33-44(34-30-38)56-61-53(41-19-9-3-10-20-41)58-54(62-56)42-21-11-4-12-22-42;1-26(2)27(3,4)33-28(32-26)22-17-15-21(16-18-22)25-30-23(19-11-7-5-8-12-19)29-24(31-25)20-13-9-6-10-14-20;15-13-5-1-3-9-10-4-2-6-14(16)12(10)8-7-11(9)13/h1-36H;5-18H,1-4H3;1-8H. The van der Waals surface area contributed by atoms with Crippen LogP contribution in [0.5, 0.6) is 0 Å². The molecule has 0 radical (unpaired) electrons. The number of rotatable bonds is 12. The summed E-state index contributed by atoms with van der Waals surface area (Å²) in [5, 5.41) is 9.87. The van der Waals surface area contributed by atoms with Crippen molar-refractivity contribution in [1.82, 2.24) is 44.9 Å². The molecule has 18 aromatic rings. The Morgan fingerprint density at radius 1 is 0.198 bits per heavy atom. The maximum Gasteiger partial charge on any atom is 0.494 e. The highest BCUT2D eigenvalue weighted by molar-refractivity contribution is 9.11. The fourth-order valence-electron chi connectivity index (χ4n) is 13.9. The third-order valence-corrected chi connectivity index (χ3v) is 21.8. The van der Waals surface area contributed by atoms with Crippen LogP contribution in [-0.4, -0.2) is 63.2 Å². The van der Waals surface area contributed by atoms with E-state index in [0.29, 0.717) is 52.4 Å². The maximum atomic E-state index is 6.19. The highest BCUT2D eigenvalue weighted by atomic mass is 79.9. The molecular weight excluding hydrogens is 1490 g/mol. The molecule has 1 fully saturated rings. The van der Waals surface area contributed by atoms with Gasteiger partial charge in [-0.1, -0.05) is 372 Å². The van der Waals surface area contributed by atoms with Crippen molar-refractivity contribution in [2.75, 3.05) is 0 Å².